The molecule has 140 valence electrons. The number of aliphatic hydroxyl groups excluding tert-OH is 1. The van der Waals surface area contributed by atoms with Gasteiger partial charge in [-0.25, -0.2) is 0 Å². The van der Waals surface area contributed by atoms with Crippen LogP contribution in [-0.4, -0.2) is 35.8 Å². The van der Waals surface area contributed by atoms with E-state index < -0.39 is 5.60 Å². The van der Waals surface area contributed by atoms with Crippen molar-refractivity contribution in [1.29, 1.82) is 0 Å². The first-order valence-electron chi connectivity index (χ1n) is 9.29. The summed E-state index contributed by atoms with van der Waals surface area (Å²) in [5.41, 5.74) is 2.83. The van der Waals surface area contributed by atoms with Crippen molar-refractivity contribution in [2.45, 2.75) is 18.1 Å². The molecule has 0 saturated carbocycles. The van der Waals surface area contributed by atoms with E-state index in [1.54, 1.807) is 0 Å². The van der Waals surface area contributed by atoms with E-state index in [4.69, 9.17) is 5.11 Å². The van der Waals surface area contributed by atoms with Gasteiger partial charge in [0.15, 0.2) is 0 Å². The predicted molar refractivity (Wildman–Crippen MR) is 110 cm³/mol. The van der Waals surface area contributed by atoms with Gasteiger partial charge in [0.05, 0.1) is 0 Å². The Hall–Kier alpha value is -2.46. The fourth-order valence-corrected chi connectivity index (χ4v) is 3.86. The first-order chi connectivity index (χ1) is 13.2. The van der Waals surface area contributed by atoms with Crippen LogP contribution in [0.2, 0.25) is 0 Å². The van der Waals surface area contributed by atoms with Crippen LogP contribution in [0.25, 0.3) is 0 Å². The Morgan fingerprint density at radius 2 is 1.26 bits per heavy atom. The minimum Gasteiger partial charge on any atom is -0.400 e. The van der Waals surface area contributed by atoms with E-state index in [9.17, 15) is 5.11 Å². The molecule has 1 aliphatic heterocycles. The van der Waals surface area contributed by atoms with E-state index in [0.717, 1.165) is 36.8 Å². The molecule has 1 heterocycles. The summed E-state index contributed by atoms with van der Waals surface area (Å²) in [7, 11) is 3.15. The first-order valence-corrected chi connectivity index (χ1v) is 9.29. The molecule has 0 aliphatic carbocycles. The molecule has 1 saturated heterocycles. The van der Waals surface area contributed by atoms with Gasteiger partial charge in [0.2, 0.25) is 0 Å². The Labute approximate surface area is 161 Å². The highest BCUT2D eigenvalue weighted by Crippen LogP contribution is 2.43. The van der Waals surface area contributed by atoms with Gasteiger partial charge in [-0.2, -0.15) is 0 Å². The van der Waals surface area contributed by atoms with Gasteiger partial charge < -0.3 is 10.2 Å². The van der Waals surface area contributed by atoms with Crippen LogP contribution in [0, 0.1) is 0 Å². The topological polar surface area (TPSA) is 43.7 Å². The van der Waals surface area contributed by atoms with Gasteiger partial charge in [-0.05, 0) is 35.7 Å². The molecule has 1 aliphatic rings. The molecule has 0 spiro atoms. The molecule has 1 fully saturated rings. The molecule has 1 atom stereocenters. The molecule has 0 bridgehead atoms. The van der Waals surface area contributed by atoms with Gasteiger partial charge in [0.25, 0.3) is 0 Å². The van der Waals surface area contributed by atoms with Crippen molar-refractivity contribution in [2.75, 3.05) is 20.7 Å². The molecule has 0 amide bonds. The molecule has 3 heteroatoms. The maximum Gasteiger partial charge on any atom is 0.140 e. The zero-order valence-electron chi connectivity index (χ0n) is 15.9. The summed E-state index contributed by atoms with van der Waals surface area (Å²) in [6.07, 6.45) is 1.13. The van der Waals surface area contributed by atoms with E-state index in [0.29, 0.717) is 6.04 Å². The molecule has 3 nitrogen and oxygen atoms in total. The Bertz CT molecular complexity index is 809. The third-order valence-corrected chi connectivity index (χ3v) is 5.38. The summed E-state index contributed by atoms with van der Waals surface area (Å²) in [4.78, 5) is 2.34. The average molecular weight is 361 g/mol. The van der Waals surface area contributed by atoms with Crippen molar-refractivity contribution < 1.29 is 10.2 Å². The van der Waals surface area contributed by atoms with Crippen LogP contribution in [0.1, 0.15) is 34.7 Å². The molecule has 0 unspecified atom stereocenters. The van der Waals surface area contributed by atoms with Crippen molar-refractivity contribution in [3.05, 3.63) is 107 Å². The van der Waals surface area contributed by atoms with Crippen LogP contribution in [0.15, 0.2) is 84.9 Å². The van der Waals surface area contributed by atoms with E-state index in [-0.39, 0.29) is 0 Å². The SMILES string of the molecule is CN1CC[C@@H]1c1ccccc1C(O)(c1ccccc1)c1ccccc1.CO. The van der Waals surface area contributed by atoms with Gasteiger partial charge in [0.1, 0.15) is 5.60 Å². The van der Waals surface area contributed by atoms with Gasteiger partial charge in [-0.15, -0.1) is 0 Å². The van der Waals surface area contributed by atoms with Gasteiger partial charge >= 0.3 is 0 Å². The second-order valence-electron chi connectivity index (χ2n) is 6.81. The van der Waals surface area contributed by atoms with Crippen molar-refractivity contribution >= 4 is 0 Å². The second kappa shape index (κ2) is 8.49. The van der Waals surface area contributed by atoms with Gasteiger partial charge in [0, 0.05) is 19.7 Å². The highest BCUT2D eigenvalue weighted by Gasteiger charge is 2.38. The summed E-state index contributed by atoms with van der Waals surface area (Å²) < 4.78 is 0. The van der Waals surface area contributed by atoms with Crippen molar-refractivity contribution in [3.63, 3.8) is 0 Å². The number of hydrogen-bond donors (Lipinski definition) is 2. The molecule has 0 aromatic heterocycles. The number of rotatable bonds is 4. The lowest BCUT2D eigenvalue weighted by molar-refractivity contribution is 0.104. The lowest BCUT2D eigenvalue weighted by Gasteiger charge is -2.42. The summed E-state index contributed by atoms with van der Waals surface area (Å²) in [6, 6.07) is 28.6. The van der Waals surface area contributed by atoms with E-state index in [1.165, 1.54) is 5.56 Å². The minimum atomic E-state index is -1.16. The largest absolute Gasteiger partial charge is 0.400 e. The molecular formula is C24H27NO2. The number of benzene rings is 3. The molecule has 3 aromatic carbocycles. The summed E-state index contributed by atoms with van der Waals surface area (Å²) >= 11 is 0. The third-order valence-electron chi connectivity index (χ3n) is 5.38. The van der Waals surface area contributed by atoms with Crippen LogP contribution < -0.4 is 0 Å². The third kappa shape index (κ3) is 3.54. The number of likely N-dealkylation sites (tertiary alicyclic amines) is 1. The highest BCUT2D eigenvalue weighted by atomic mass is 16.3. The maximum absolute atomic E-state index is 12.0. The molecular weight excluding hydrogens is 334 g/mol. The lowest BCUT2D eigenvalue weighted by atomic mass is 9.76. The van der Waals surface area contributed by atoms with Crippen LogP contribution in [0.5, 0.6) is 0 Å². The average Bonchev–Trinajstić information content (AvgIpc) is 2.75. The molecule has 0 radical (unpaired) electrons. The van der Waals surface area contributed by atoms with Gasteiger partial charge in [-0.3, -0.25) is 4.90 Å². The molecule has 27 heavy (non-hydrogen) atoms. The van der Waals surface area contributed by atoms with E-state index >= 15 is 0 Å². The summed E-state index contributed by atoms with van der Waals surface area (Å²) in [5, 5.41) is 19.0. The maximum atomic E-state index is 12.0. The Morgan fingerprint density at radius 1 is 0.778 bits per heavy atom. The van der Waals surface area contributed by atoms with Crippen LogP contribution in [0.3, 0.4) is 0 Å². The van der Waals surface area contributed by atoms with Crippen LogP contribution >= 0.6 is 0 Å². The Balaban J connectivity index is 0.00000102. The zero-order valence-corrected chi connectivity index (χ0v) is 15.9. The van der Waals surface area contributed by atoms with Crippen LogP contribution in [0.4, 0.5) is 0 Å². The monoisotopic (exact) mass is 361 g/mol. The van der Waals surface area contributed by atoms with Crippen molar-refractivity contribution in [1.82, 2.24) is 4.90 Å². The highest BCUT2D eigenvalue weighted by molar-refractivity contribution is 5.50. The Kier molecular flexibility index (Phi) is 6.07. The zero-order chi connectivity index (χ0) is 19.3. The van der Waals surface area contributed by atoms with Crippen molar-refractivity contribution in [3.8, 4) is 0 Å². The van der Waals surface area contributed by atoms with E-state index in [1.807, 2.05) is 66.7 Å². The fraction of sp³-hybridized carbons (Fsp3) is 0.250. The first kappa shape index (κ1) is 19.3. The lowest BCUT2D eigenvalue weighted by Crippen LogP contribution is -2.40. The number of aliphatic hydroxyl groups is 2. The standard InChI is InChI=1S/C23H23NO.CH4O/c1-24-17-16-22(24)20-14-8-9-15-21(20)23(25,18-10-4-2-5-11-18)19-12-6-3-7-13-19;1-2/h2-15,22,25H,16-17H2,1H3;2H,1H3/t22-;/m1./s1. The summed E-state index contributed by atoms with van der Waals surface area (Å²) in [6.45, 7) is 1.11. The molecule has 4 rings (SSSR count). The van der Waals surface area contributed by atoms with Crippen LogP contribution in [-0.2, 0) is 5.60 Å². The summed E-state index contributed by atoms with van der Waals surface area (Å²) in [5.74, 6) is 0. The van der Waals surface area contributed by atoms with E-state index in [2.05, 4.69) is 30.1 Å². The smallest absolute Gasteiger partial charge is 0.140 e. The number of nitrogens with zero attached hydrogens (tertiary/aromatic N) is 1. The van der Waals surface area contributed by atoms with Crippen molar-refractivity contribution in [2.24, 2.45) is 0 Å². The fourth-order valence-electron chi connectivity index (χ4n) is 3.86. The molecule has 2 N–H and O–H groups in total. The second-order valence-corrected chi connectivity index (χ2v) is 6.81. The molecule has 3 aromatic rings. The Morgan fingerprint density at radius 3 is 1.70 bits per heavy atom. The quantitative estimate of drug-likeness (QED) is 0.692. The van der Waals surface area contributed by atoms with Gasteiger partial charge in [-0.1, -0.05) is 84.9 Å². The normalized spacial score (nSPS) is 16.8. The minimum absolute atomic E-state index is 0.371. The predicted octanol–water partition coefficient (Wildman–Crippen LogP) is 3.96. The number of hydrogen-bond acceptors (Lipinski definition) is 3.